The summed E-state index contributed by atoms with van der Waals surface area (Å²) in [5.74, 6) is 0. The van der Waals surface area contributed by atoms with E-state index in [0.29, 0.717) is 0 Å². The van der Waals surface area contributed by atoms with Gasteiger partial charge in [-0.2, -0.15) is 8.42 Å². The van der Waals surface area contributed by atoms with E-state index in [1.54, 1.807) is 12.4 Å². The Labute approximate surface area is 82.0 Å². The van der Waals surface area contributed by atoms with E-state index in [9.17, 15) is 0 Å². The summed E-state index contributed by atoms with van der Waals surface area (Å²) in [6.45, 7) is 2.63. The van der Waals surface area contributed by atoms with Gasteiger partial charge < -0.3 is 10.0 Å². The molecule has 82 valence electrons. The minimum atomic E-state index is -4.67. The van der Waals surface area contributed by atoms with Crippen LogP contribution in [0.25, 0.3) is 0 Å². The van der Waals surface area contributed by atoms with E-state index < -0.39 is 10.4 Å². The molecule has 0 amide bonds. The molecule has 1 rings (SSSR count). The molecular formula is C6H12N2O5S. The second kappa shape index (κ2) is 6.35. The van der Waals surface area contributed by atoms with Crippen molar-refractivity contribution in [1.29, 1.82) is 0 Å². The first-order valence-corrected chi connectivity index (χ1v) is 5.06. The summed E-state index contributed by atoms with van der Waals surface area (Å²) in [6, 6.07) is 0. The first-order chi connectivity index (χ1) is 6.43. The molecule has 0 aromatic carbocycles. The van der Waals surface area contributed by atoms with Crippen molar-refractivity contribution in [2.24, 2.45) is 4.99 Å². The summed E-state index contributed by atoms with van der Waals surface area (Å²) in [7, 11) is -4.67. The fourth-order valence-corrected chi connectivity index (χ4v) is 0.738. The van der Waals surface area contributed by atoms with Gasteiger partial charge in [0.05, 0.1) is 19.1 Å². The van der Waals surface area contributed by atoms with Gasteiger partial charge in [-0.25, -0.2) is 0 Å². The molecule has 0 saturated heterocycles. The third-order valence-corrected chi connectivity index (χ3v) is 1.21. The highest BCUT2D eigenvalue weighted by atomic mass is 32.3. The maximum atomic E-state index is 8.74. The van der Waals surface area contributed by atoms with Crippen LogP contribution in [0.4, 0.5) is 0 Å². The monoisotopic (exact) mass is 224 g/mol. The predicted molar refractivity (Wildman–Crippen MR) is 50.9 cm³/mol. The normalized spacial score (nSPS) is 15.7. The summed E-state index contributed by atoms with van der Waals surface area (Å²) in [5, 5.41) is 8.27. The van der Waals surface area contributed by atoms with Crippen LogP contribution in [-0.4, -0.2) is 53.5 Å². The van der Waals surface area contributed by atoms with Crippen molar-refractivity contribution in [3.63, 3.8) is 0 Å². The smallest absolute Gasteiger partial charge is 0.394 e. The summed E-state index contributed by atoms with van der Waals surface area (Å²) >= 11 is 0. The zero-order valence-corrected chi connectivity index (χ0v) is 8.13. The molecule has 0 aromatic rings. The number of aliphatic imine (C=N–C) groups is 1. The van der Waals surface area contributed by atoms with Gasteiger partial charge in [0.2, 0.25) is 0 Å². The Morgan fingerprint density at radius 3 is 2.43 bits per heavy atom. The molecule has 0 atom stereocenters. The van der Waals surface area contributed by atoms with Crippen LogP contribution in [0.5, 0.6) is 0 Å². The Balaban J connectivity index is 0.000000292. The Morgan fingerprint density at radius 1 is 1.50 bits per heavy atom. The van der Waals surface area contributed by atoms with E-state index in [4.69, 9.17) is 22.6 Å². The Hall–Kier alpha value is -1.12. The third-order valence-electron chi connectivity index (χ3n) is 1.21. The van der Waals surface area contributed by atoms with Crippen LogP contribution in [0.1, 0.15) is 0 Å². The molecule has 14 heavy (non-hydrogen) atoms. The average Bonchev–Trinajstić information content (AvgIpc) is 2.49. The van der Waals surface area contributed by atoms with Crippen molar-refractivity contribution in [2.45, 2.75) is 0 Å². The van der Waals surface area contributed by atoms with Gasteiger partial charge in [0, 0.05) is 13.1 Å². The highest BCUT2D eigenvalue weighted by molar-refractivity contribution is 7.79. The molecule has 0 bridgehead atoms. The van der Waals surface area contributed by atoms with Crippen molar-refractivity contribution in [3.05, 3.63) is 12.3 Å². The van der Waals surface area contributed by atoms with Gasteiger partial charge in [0.25, 0.3) is 0 Å². The third kappa shape index (κ3) is 10.9. The SMILES string of the molecule is O=S(=O)(O)O.OC=CCN1C=NCC1. The number of rotatable bonds is 2. The van der Waals surface area contributed by atoms with E-state index in [2.05, 4.69) is 4.99 Å². The molecule has 0 saturated carbocycles. The molecule has 7 nitrogen and oxygen atoms in total. The van der Waals surface area contributed by atoms with Gasteiger partial charge in [-0.15, -0.1) is 0 Å². The minimum Gasteiger partial charge on any atom is -0.516 e. The van der Waals surface area contributed by atoms with E-state index >= 15 is 0 Å². The quantitative estimate of drug-likeness (QED) is 0.440. The van der Waals surface area contributed by atoms with Crippen LogP contribution in [0.2, 0.25) is 0 Å². The standard InChI is InChI=1S/C6H10N2O.H2O4S/c9-5-1-3-8-4-2-7-6-8;1-5(2,3)4/h1,5-6,9H,2-4H2;(H2,1,2,3,4). The largest absolute Gasteiger partial charge is 0.516 e. The van der Waals surface area contributed by atoms with Gasteiger partial charge in [0.1, 0.15) is 0 Å². The van der Waals surface area contributed by atoms with Crippen LogP contribution >= 0.6 is 0 Å². The second-order valence-electron chi connectivity index (χ2n) is 2.35. The molecule has 0 aromatic heterocycles. The van der Waals surface area contributed by atoms with Crippen molar-refractivity contribution >= 4 is 16.7 Å². The Morgan fingerprint density at radius 2 is 2.07 bits per heavy atom. The lowest BCUT2D eigenvalue weighted by Gasteiger charge is -2.08. The molecule has 0 spiro atoms. The summed E-state index contributed by atoms with van der Waals surface area (Å²) in [6.07, 6.45) is 4.56. The van der Waals surface area contributed by atoms with E-state index in [1.807, 2.05) is 4.90 Å². The predicted octanol–water partition coefficient (Wildman–Crippen LogP) is -0.251. The van der Waals surface area contributed by atoms with E-state index in [0.717, 1.165) is 25.9 Å². The van der Waals surface area contributed by atoms with Crippen LogP contribution in [0.15, 0.2) is 17.3 Å². The van der Waals surface area contributed by atoms with Crippen molar-refractivity contribution in [1.82, 2.24) is 4.90 Å². The molecule has 3 N–H and O–H groups in total. The number of hydrogen-bond acceptors (Lipinski definition) is 5. The zero-order valence-electron chi connectivity index (χ0n) is 7.31. The molecule has 1 heterocycles. The number of hydrogen-bond donors (Lipinski definition) is 3. The summed E-state index contributed by atoms with van der Waals surface area (Å²) in [5.41, 5.74) is 0. The summed E-state index contributed by atoms with van der Waals surface area (Å²) < 4.78 is 31.6. The van der Waals surface area contributed by atoms with Gasteiger partial charge in [-0.05, 0) is 6.08 Å². The van der Waals surface area contributed by atoms with Gasteiger partial charge in [0.15, 0.2) is 0 Å². The van der Waals surface area contributed by atoms with Crippen LogP contribution in [0, 0.1) is 0 Å². The first-order valence-electron chi connectivity index (χ1n) is 3.66. The molecular weight excluding hydrogens is 212 g/mol. The number of nitrogens with zero attached hydrogens (tertiary/aromatic N) is 2. The highest BCUT2D eigenvalue weighted by Crippen LogP contribution is 1.91. The topological polar surface area (TPSA) is 110 Å². The number of aliphatic hydroxyl groups is 1. The Bertz CT molecular complexity index is 289. The van der Waals surface area contributed by atoms with Crippen LogP contribution in [-0.2, 0) is 10.4 Å². The number of aliphatic hydroxyl groups excluding tert-OH is 1. The van der Waals surface area contributed by atoms with Crippen LogP contribution in [0.3, 0.4) is 0 Å². The maximum Gasteiger partial charge on any atom is 0.394 e. The van der Waals surface area contributed by atoms with E-state index in [-0.39, 0.29) is 0 Å². The fourth-order valence-electron chi connectivity index (χ4n) is 0.738. The van der Waals surface area contributed by atoms with Crippen LogP contribution < -0.4 is 0 Å². The molecule has 0 unspecified atom stereocenters. The molecule has 1 aliphatic heterocycles. The highest BCUT2D eigenvalue weighted by Gasteiger charge is 2.00. The average molecular weight is 224 g/mol. The molecule has 0 aliphatic carbocycles. The lowest BCUT2D eigenvalue weighted by Crippen LogP contribution is -2.19. The lowest BCUT2D eigenvalue weighted by molar-refractivity contribution is 0.381. The van der Waals surface area contributed by atoms with Crippen molar-refractivity contribution in [2.75, 3.05) is 19.6 Å². The molecule has 0 fully saturated rings. The molecule has 1 aliphatic rings. The molecule has 0 radical (unpaired) electrons. The van der Waals surface area contributed by atoms with Crippen molar-refractivity contribution in [3.8, 4) is 0 Å². The fraction of sp³-hybridized carbons (Fsp3) is 0.500. The van der Waals surface area contributed by atoms with Gasteiger partial charge in [-0.1, -0.05) is 0 Å². The van der Waals surface area contributed by atoms with E-state index in [1.165, 1.54) is 0 Å². The minimum absolute atomic E-state index is 0.764. The second-order valence-corrected chi connectivity index (χ2v) is 3.24. The zero-order chi connectivity index (χ0) is 11.0. The van der Waals surface area contributed by atoms with Gasteiger partial charge in [-0.3, -0.25) is 14.1 Å². The lowest BCUT2D eigenvalue weighted by atomic mass is 10.5. The summed E-state index contributed by atoms with van der Waals surface area (Å²) in [4.78, 5) is 6.04. The first kappa shape index (κ1) is 12.9. The van der Waals surface area contributed by atoms with Crippen molar-refractivity contribution < 1.29 is 22.6 Å². The molecule has 8 heteroatoms. The Kier molecular flexibility index (Phi) is 5.84. The van der Waals surface area contributed by atoms with Gasteiger partial charge >= 0.3 is 10.4 Å². The maximum absolute atomic E-state index is 8.74.